The third-order valence-corrected chi connectivity index (χ3v) is 13.7. The number of phosphoric acid groups is 1. The first kappa shape index (κ1) is 67.0. The molecule has 0 aliphatic rings. The van der Waals surface area contributed by atoms with Crippen LogP contribution in [0.3, 0.4) is 0 Å². The largest absolute Gasteiger partial charge is 0.472 e. The maximum absolute atomic E-state index is 12.6. The van der Waals surface area contributed by atoms with Crippen molar-refractivity contribution in [3.05, 3.63) is 48.6 Å². The summed E-state index contributed by atoms with van der Waals surface area (Å²) in [5.74, 6) is -0.822. The highest BCUT2D eigenvalue weighted by atomic mass is 31.2. The highest BCUT2D eigenvalue weighted by Crippen LogP contribution is 2.43. The Balaban J connectivity index is 3.62. The molecule has 0 bridgehead atoms. The van der Waals surface area contributed by atoms with Crippen LogP contribution >= 0.6 is 7.82 Å². The fraction of sp³-hybridized carbons (Fsp3) is 0.831. The molecule has 0 aromatic carbocycles. The van der Waals surface area contributed by atoms with Crippen molar-refractivity contribution in [2.75, 3.05) is 26.4 Å². The van der Waals surface area contributed by atoms with E-state index >= 15 is 0 Å². The molecule has 0 aliphatic heterocycles. The van der Waals surface area contributed by atoms with Gasteiger partial charge < -0.3 is 20.1 Å². The Kier molecular flexibility index (Phi) is 53.7. The van der Waals surface area contributed by atoms with Gasteiger partial charge in [-0.3, -0.25) is 18.6 Å². The highest BCUT2D eigenvalue weighted by molar-refractivity contribution is 7.47. The summed E-state index contributed by atoms with van der Waals surface area (Å²) in [5.41, 5.74) is 5.35. The number of ether oxygens (including phenoxy) is 2. The van der Waals surface area contributed by atoms with Gasteiger partial charge in [-0.15, -0.1) is 0 Å². The fourth-order valence-electron chi connectivity index (χ4n) is 8.45. The topological polar surface area (TPSA) is 134 Å². The van der Waals surface area contributed by atoms with Crippen molar-refractivity contribution in [2.24, 2.45) is 5.73 Å². The number of carbonyl (C=O) groups is 2. The van der Waals surface area contributed by atoms with E-state index in [0.717, 1.165) is 57.8 Å². The van der Waals surface area contributed by atoms with E-state index in [1.54, 1.807) is 0 Å². The summed E-state index contributed by atoms with van der Waals surface area (Å²) in [6, 6.07) is 0. The first-order chi connectivity index (χ1) is 33.8. The number of nitrogens with two attached hydrogens (primary N) is 1. The van der Waals surface area contributed by atoms with Crippen LogP contribution in [0.2, 0.25) is 0 Å². The van der Waals surface area contributed by atoms with Gasteiger partial charge in [-0.05, 0) is 51.4 Å². The smallest absolute Gasteiger partial charge is 0.462 e. The molecule has 404 valence electrons. The predicted molar refractivity (Wildman–Crippen MR) is 293 cm³/mol. The van der Waals surface area contributed by atoms with E-state index in [0.29, 0.717) is 6.42 Å². The molecule has 3 N–H and O–H groups in total. The summed E-state index contributed by atoms with van der Waals surface area (Å²) in [7, 11) is -4.37. The molecule has 0 fully saturated rings. The molecule has 0 aromatic heterocycles. The molecule has 2 unspecified atom stereocenters. The van der Waals surface area contributed by atoms with E-state index in [1.807, 2.05) is 0 Å². The lowest BCUT2D eigenvalue weighted by Gasteiger charge is -2.19. The zero-order valence-corrected chi connectivity index (χ0v) is 45.9. The number of allylic oxidation sites excluding steroid dienone is 8. The molecular formula is C59H110NO8P. The van der Waals surface area contributed by atoms with Gasteiger partial charge in [0.1, 0.15) is 6.61 Å². The molecule has 9 nitrogen and oxygen atoms in total. The molecule has 0 rings (SSSR count). The Morgan fingerprint density at radius 3 is 1.19 bits per heavy atom. The average molecular weight is 993 g/mol. The second-order valence-electron chi connectivity index (χ2n) is 19.5. The van der Waals surface area contributed by atoms with Gasteiger partial charge in [0.05, 0.1) is 13.2 Å². The Morgan fingerprint density at radius 1 is 0.449 bits per heavy atom. The molecule has 0 saturated heterocycles. The molecule has 0 aliphatic carbocycles. The van der Waals surface area contributed by atoms with Crippen molar-refractivity contribution < 1.29 is 37.6 Å². The number of rotatable bonds is 55. The van der Waals surface area contributed by atoms with Crippen molar-refractivity contribution in [3.8, 4) is 0 Å². The molecule has 0 spiro atoms. The zero-order valence-electron chi connectivity index (χ0n) is 45.1. The number of phosphoric ester groups is 1. The summed E-state index contributed by atoms with van der Waals surface area (Å²) in [5, 5.41) is 0. The molecule has 0 saturated carbocycles. The summed E-state index contributed by atoms with van der Waals surface area (Å²) in [4.78, 5) is 34.8. The summed E-state index contributed by atoms with van der Waals surface area (Å²) >= 11 is 0. The van der Waals surface area contributed by atoms with Crippen LogP contribution in [0.4, 0.5) is 0 Å². The van der Waals surface area contributed by atoms with Crippen LogP contribution in [0.1, 0.15) is 284 Å². The lowest BCUT2D eigenvalue weighted by atomic mass is 10.0. The lowest BCUT2D eigenvalue weighted by Crippen LogP contribution is -2.29. The van der Waals surface area contributed by atoms with Crippen molar-refractivity contribution in [2.45, 2.75) is 290 Å². The van der Waals surface area contributed by atoms with Crippen LogP contribution in [0, 0.1) is 0 Å². The Bertz CT molecular complexity index is 1270. The van der Waals surface area contributed by atoms with Crippen molar-refractivity contribution in [1.29, 1.82) is 0 Å². The highest BCUT2D eigenvalue weighted by Gasteiger charge is 2.26. The first-order valence-corrected chi connectivity index (χ1v) is 30.6. The van der Waals surface area contributed by atoms with E-state index in [-0.39, 0.29) is 38.6 Å². The van der Waals surface area contributed by atoms with Gasteiger partial charge >= 0.3 is 19.8 Å². The molecule has 0 radical (unpaired) electrons. The number of esters is 2. The van der Waals surface area contributed by atoms with Crippen LogP contribution in [0.15, 0.2) is 48.6 Å². The first-order valence-electron chi connectivity index (χ1n) is 29.1. The van der Waals surface area contributed by atoms with Crippen LogP contribution in [0.25, 0.3) is 0 Å². The summed E-state index contributed by atoms with van der Waals surface area (Å²) < 4.78 is 32.8. The minimum absolute atomic E-state index is 0.0559. The van der Waals surface area contributed by atoms with Gasteiger partial charge in [-0.2, -0.15) is 0 Å². The number of hydrogen-bond acceptors (Lipinski definition) is 8. The van der Waals surface area contributed by atoms with Crippen LogP contribution < -0.4 is 5.73 Å². The fourth-order valence-corrected chi connectivity index (χ4v) is 9.22. The van der Waals surface area contributed by atoms with Crippen molar-refractivity contribution in [3.63, 3.8) is 0 Å². The van der Waals surface area contributed by atoms with E-state index < -0.39 is 26.5 Å². The van der Waals surface area contributed by atoms with Crippen LogP contribution in [-0.4, -0.2) is 49.3 Å². The quantitative estimate of drug-likeness (QED) is 0.0264. The van der Waals surface area contributed by atoms with Crippen LogP contribution in [0.5, 0.6) is 0 Å². The molecule has 69 heavy (non-hydrogen) atoms. The second-order valence-corrected chi connectivity index (χ2v) is 20.9. The van der Waals surface area contributed by atoms with Crippen molar-refractivity contribution in [1.82, 2.24) is 0 Å². The molecule has 0 amide bonds. The van der Waals surface area contributed by atoms with Crippen molar-refractivity contribution >= 4 is 19.8 Å². The SMILES string of the molecule is CC/C=C\C/C=C\C/C=C\C/C=C\CCCCCCCCCCCCCCCCCCCCCCCCCCCCCCC(=O)OC(COC(=O)CCCCCCCCC)COP(=O)(O)OCCN. The average Bonchev–Trinajstić information content (AvgIpc) is 3.34. The third kappa shape index (κ3) is 55.1. The number of hydrogen-bond donors (Lipinski definition) is 2. The van der Waals surface area contributed by atoms with Gasteiger partial charge in [-0.1, -0.05) is 268 Å². The predicted octanol–water partition coefficient (Wildman–Crippen LogP) is 18.2. The van der Waals surface area contributed by atoms with Gasteiger partial charge in [0.2, 0.25) is 0 Å². The van der Waals surface area contributed by atoms with E-state index in [2.05, 4.69) is 62.5 Å². The van der Waals surface area contributed by atoms with Gasteiger partial charge in [0.15, 0.2) is 6.10 Å². The number of carbonyl (C=O) groups excluding carboxylic acids is 2. The van der Waals surface area contributed by atoms with Crippen LogP contribution in [-0.2, 0) is 32.7 Å². The summed E-state index contributed by atoms with van der Waals surface area (Å²) in [6.45, 7) is 3.60. The molecule has 0 heterocycles. The second kappa shape index (κ2) is 55.3. The molecular weight excluding hydrogens is 882 g/mol. The number of unbranched alkanes of at least 4 members (excludes halogenated alkanes) is 34. The standard InChI is InChI=1S/C59H110NO8P/c1-3-5-7-9-11-12-13-14-15-16-17-18-19-20-21-22-23-24-25-26-27-28-29-30-31-32-33-34-35-36-37-38-39-40-41-42-43-44-46-48-50-52-59(62)68-57(56-67-69(63,64)66-54-53-60)55-65-58(61)51-49-47-45-10-8-6-4-2/h5,7,11-12,14-15,17-18,57H,3-4,6,8-10,13,16,19-56,60H2,1-2H3,(H,63,64)/b7-5-,12-11-,15-14-,18-17-. The van der Waals surface area contributed by atoms with Gasteiger partial charge in [0, 0.05) is 19.4 Å². The van der Waals surface area contributed by atoms with E-state index in [1.165, 1.54) is 193 Å². The molecule has 0 aromatic rings. The minimum Gasteiger partial charge on any atom is -0.462 e. The maximum Gasteiger partial charge on any atom is 0.472 e. The van der Waals surface area contributed by atoms with Gasteiger partial charge in [0.25, 0.3) is 0 Å². The molecule has 2 atom stereocenters. The third-order valence-electron chi connectivity index (χ3n) is 12.7. The Hall–Kier alpha value is -2.03. The van der Waals surface area contributed by atoms with Gasteiger partial charge in [-0.25, -0.2) is 4.57 Å². The molecule has 10 heteroatoms. The maximum atomic E-state index is 12.6. The Labute approximate surface area is 426 Å². The van der Waals surface area contributed by atoms with E-state index in [9.17, 15) is 19.0 Å². The lowest BCUT2D eigenvalue weighted by molar-refractivity contribution is -0.161. The monoisotopic (exact) mass is 992 g/mol. The van der Waals surface area contributed by atoms with E-state index in [4.69, 9.17) is 24.3 Å². The minimum atomic E-state index is -4.37. The normalized spacial score (nSPS) is 13.4. The Morgan fingerprint density at radius 2 is 0.797 bits per heavy atom. The zero-order chi connectivity index (χ0) is 50.2. The summed E-state index contributed by atoms with van der Waals surface area (Å²) in [6.07, 6.45) is 68.2.